The molecule has 1 atom stereocenters. The molecule has 1 fully saturated rings. The van der Waals surface area contributed by atoms with Crippen molar-refractivity contribution in [3.05, 3.63) is 35.4 Å². The Morgan fingerprint density at radius 3 is 2.61 bits per heavy atom. The van der Waals surface area contributed by atoms with Crippen LogP contribution in [0.2, 0.25) is 0 Å². The smallest absolute Gasteiger partial charge is 0.326 e. The summed E-state index contributed by atoms with van der Waals surface area (Å²) in [6, 6.07) is 7.20. The molecule has 0 saturated carbocycles. The van der Waals surface area contributed by atoms with E-state index in [9.17, 15) is 14.4 Å². The zero-order valence-electron chi connectivity index (χ0n) is 13.2. The fourth-order valence-corrected chi connectivity index (χ4v) is 2.70. The second-order valence-corrected chi connectivity index (χ2v) is 5.85. The molecular formula is C17H22N2O4. The highest BCUT2D eigenvalue weighted by atomic mass is 16.4. The molecule has 1 aliphatic heterocycles. The molecule has 6 nitrogen and oxygen atoms in total. The van der Waals surface area contributed by atoms with Crippen molar-refractivity contribution in [3.63, 3.8) is 0 Å². The van der Waals surface area contributed by atoms with Gasteiger partial charge in [0, 0.05) is 13.0 Å². The summed E-state index contributed by atoms with van der Waals surface area (Å²) in [6.07, 6.45) is 2.08. The largest absolute Gasteiger partial charge is 0.480 e. The van der Waals surface area contributed by atoms with E-state index in [0.29, 0.717) is 32.2 Å². The lowest BCUT2D eigenvalue weighted by Crippen LogP contribution is -2.45. The number of carboxylic acids is 1. The maximum absolute atomic E-state index is 12.0. The summed E-state index contributed by atoms with van der Waals surface area (Å²) < 4.78 is 0. The van der Waals surface area contributed by atoms with Gasteiger partial charge in [-0.25, -0.2) is 4.79 Å². The third-order valence-electron chi connectivity index (χ3n) is 4.06. The number of aliphatic carboxylic acids is 1. The van der Waals surface area contributed by atoms with Crippen LogP contribution in [0.1, 0.15) is 30.4 Å². The van der Waals surface area contributed by atoms with Gasteiger partial charge < -0.3 is 15.3 Å². The quantitative estimate of drug-likeness (QED) is 0.823. The minimum Gasteiger partial charge on any atom is -0.480 e. The first-order valence-electron chi connectivity index (χ1n) is 7.82. The van der Waals surface area contributed by atoms with Gasteiger partial charge in [-0.2, -0.15) is 0 Å². The molecule has 124 valence electrons. The fourth-order valence-electron chi connectivity index (χ4n) is 2.70. The van der Waals surface area contributed by atoms with Gasteiger partial charge in [0.2, 0.25) is 11.8 Å². The number of rotatable bonds is 6. The Bertz CT molecular complexity index is 583. The molecule has 1 aliphatic rings. The van der Waals surface area contributed by atoms with Crippen molar-refractivity contribution >= 4 is 17.8 Å². The molecule has 0 aromatic heterocycles. The summed E-state index contributed by atoms with van der Waals surface area (Å²) in [5.74, 6) is -1.52. The first kappa shape index (κ1) is 17.0. The van der Waals surface area contributed by atoms with Crippen molar-refractivity contribution in [2.75, 3.05) is 13.1 Å². The molecule has 23 heavy (non-hydrogen) atoms. The standard InChI is InChI=1S/C17H22N2O4/c1-12-4-6-13(7-5-12)8-9-15(20)18-11-16(21)19-10-2-3-14(19)17(22)23/h4-7,14H,2-3,8-11H2,1H3,(H,18,20)(H,22,23). The average Bonchev–Trinajstić information content (AvgIpc) is 3.02. The van der Waals surface area contributed by atoms with Gasteiger partial charge in [0.05, 0.1) is 6.54 Å². The lowest BCUT2D eigenvalue weighted by Gasteiger charge is -2.21. The van der Waals surface area contributed by atoms with E-state index in [1.165, 1.54) is 10.5 Å². The van der Waals surface area contributed by atoms with Crippen LogP contribution in [0.3, 0.4) is 0 Å². The number of aryl methyl sites for hydroxylation is 2. The van der Waals surface area contributed by atoms with E-state index >= 15 is 0 Å². The van der Waals surface area contributed by atoms with E-state index in [1.54, 1.807) is 0 Å². The summed E-state index contributed by atoms with van der Waals surface area (Å²) in [6.45, 7) is 2.30. The van der Waals surface area contributed by atoms with E-state index in [-0.39, 0.29) is 18.4 Å². The van der Waals surface area contributed by atoms with Crippen LogP contribution in [-0.2, 0) is 20.8 Å². The first-order valence-corrected chi connectivity index (χ1v) is 7.82. The van der Waals surface area contributed by atoms with Gasteiger partial charge in [0.25, 0.3) is 0 Å². The van der Waals surface area contributed by atoms with E-state index < -0.39 is 12.0 Å². The number of benzene rings is 1. The van der Waals surface area contributed by atoms with E-state index in [4.69, 9.17) is 5.11 Å². The zero-order chi connectivity index (χ0) is 16.8. The molecule has 2 rings (SSSR count). The highest BCUT2D eigenvalue weighted by molar-refractivity contribution is 5.88. The summed E-state index contributed by atoms with van der Waals surface area (Å²) in [5.41, 5.74) is 2.24. The number of hydrogen-bond donors (Lipinski definition) is 2. The van der Waals surface area contributed by atoms with Crippen LogP contribution < -0.4 is 5.32 Å². The maximum atomic E-state index is 12.0. The number of nitrogens with one attached hydrogen (secondary N) is 1. The highest BCUT2D eigenvalue weighted by Gasteiger charge is 2.33. The number of carbonyl (C=O) groups excluding carboxylic acids is 2. The van der Waals surface area contributed by atoms with E-state index in [0.717, 1.165) is 5.56 Å². The molecule has 1 heterocycles. The summed E-state index contributed by atoms with van der Waals surface area (Å²) >= 11 is 0. The fraction of sp³-hybridized carbons (Fsp3) is 0.471. The van der Waals surface area contributed by atoms with Gasteiger partial charge in [-0.1, -0.05) is 29.8 Å². The number of nitrogens with zero attached hydrogens (tertiary/aromatic N) is 1. The molecule has 2 amide bonds. The van der Waals surface area contributed by atoms with E-state index in [2.05, 4.69) is 5.32 Å². The molecular weight excluding hydrogens is 296 g/mol. The van der Waals surface area contributed by atoms with Gasteiger partial charge in [0.1, 0.15) is 6.04 Å². The van der Waals surface area contributed by atoms with Crippen molar-refractivity contribution < 1.29 is 19.5 Å². The monoisotopic (exact) mass is 318 g/mol. The van der Waals surface area contributed by atoms with Crippen LogP contribution >= 0.6 is 0 Å². The van der Waals surface area contributed by atoms with Crippen LogP contribution in [0.5, 0.6) is 0 Å². The summed E-state index contributed by atoms with van der Waals surface area (Å²) in [5, 5.41) is 11.6. The van der Waals surface area contributed by atoms with Crippen LogP contribution in [0, 0.1) is 6.92 Å². The van der Waals surface area contributed by atoms with Gasteiger partial charge in [0.15, 0.2) is 0 Å². The summed E-state index contributed by atoms with van der Waals surface area (Å²) in [4.78, 5) is 36.2. The SMILES string of the molecule is Cc1ccc(CCC(=O)NCC(=O)N2CCCC2C(=O)O)cc1. The van der Waals surface area contributed by atoms with Crippen molar-refractivity contribution in [2.45, 2.75) is 38.6 Å². The Kier molecular flexibility index (Phi) is 5.73. The summed E-state index contributed by atoms with van der Waals surface area (Å²) in [7, 11) is 0. The van der Waals surface area contributed by atoms with Crippen molar-refractivity contribution in [1.29, 1.82) is 0 Å². The Hall–Kier alpha value is -2.37. The van der Waals surface area contributed by atoms with Crippen LogP contribution in [0.4, 0.5) is 0 Å². The van der Waals surface area contributed by atoms with Gasteiger partial charge in [-0.3, -0.25) is 9.59 Å². The molecule has 0 aliphatic carbocycles. The molecule has 6 heteroatoms. The maximum Gasteiger partial charge on any atom is 0.326 e. The molecule has 0 spiro atoms. The van der Waals surface area contributed by atoms with E-state index in [1.807, 2.05) is 31.2 Å². The molecule has 1 aromatic rings. The number of amides is 2. The molecule has 1 aromatic carbocycles. The van der Waals surface area contributed by atoms with Crippen LogP contribution in [-0.4, -0.2) is 46.9 Å². The molecule has 0 radical (unpaired) electrons. The number of carbonyl (C=O) groups is 3. The van der Waals surface area contributed by atoms with Crippen LogP contribution in [0.25, 0.3) is 0 Å². The first-order chi connectivity index (χ1) is 11.0. The minimum absolute atomic E-state index is 0.142. The van der Waals surface area contributed by atoms with Crippen molar-refractivity contribution in [2.24, 2.45) is 0 Å². The lowest BCUT2D eigenvalue weighted by atomic mass is 10.1. The Labute approximate surface area is 135 Å². The third-order valence-corrected chi connectivity index (χ3v) is 4.06. The van der Waals surface area contributed by atoms with Gasteiger partial charge in [-0.15, -0.1) is 0 Å². The Morgan fingerprint density at radius 1 is 1.26 bits per heavy atom. The normalized spacial score (nSPS) is 17.1. The van der Waals surface area contributed by atoms with Crippen LogP contribution in [0.15, 0.2) is 24.3 Å². The predicted octanol–water partition coefficient (Wildman–Crippen LogP) is 1.12. The van der Waals surface area contributed by atoms with Crippen molar-refractivity contribution in [3.8, 4) is 0 Å². The molecule has 2 N–H and O–H groups in total. The third kappa shape index (κ3) is 4.81. The Morgan fingerprint density at radius 2 is 1.96 bits per heavy atom. The second-order valence-electron chi connectivity index (χ2n) is 5.85. The lowest BCUT2D eigenvalue weighted by molar-refractivity contribution is -0.148. The second kappa shape index (κ2) is 7.76. The average molecular weight is 318 g/mol. The molecule has 0 bridgehead atoms. The van der Waals surface area contributed by atoms with Gasteiger partial charge >= 0.3 is 5.97 Å². The van der Waals surface area contributed by atoms with Crippen molar-refractivity contribution in [1.82, 2.24) is 10.2 Å². The number of carboxylic acid groups (broad SMARTS) is 1. The molecule has 1 saturated heterocycles. The number of hydrogen-bond acceptors (Lipinski definition) is 3. The topological polar surface area (TPSA) is 86.7 Å². The highest BCUT2D eigenvalue weighted by Crippen LogP contribution is 2.17. The predicted molar refractivity (Wildman–Crippen MR) is 84.9 cm³/mol. The zero-order valence-corrected chi connectivity index (χ0v) is 13.2. The Balaban J connectivity index is 1.74. The minimum atomic E-state index is -0.985. The van der Waals surface area contributed by atoms with Gasteiger partial charge in [-0.05, 0) is 31.7 Å². The molecule has 1 unspecified atom stereocenters. The number of likely N-dealkylation sites (tertiary alicyclic amines) is 1.